The van der Waals surface area contributed by atoms with Crippen LogP contribution in [0.5, 0.6) is 0 Å². The second-order valence-corrected chi connectivity index (χ2v) is 12.1. The highest BCUT2D eigenvalue weighted by molar-refractivity contribution is 6.63. The van der Waals surface area contributed by atoms with Crippen molar-refractivity contribution < 1.29 is 38.1 Å². The van der Waals surface area contributed by atoms with Crippen molar-refractivity contribution in [1.82, 2.24) is 30.4 Å². The molecule has 0 aromatic carbocycles. The Morgan fingerprint density at radius 3 is 1.55 bits per heavy atom. The Balaban J connectivity index is 0.988. The Bertz CT molecular complexity index is 1430. The maximum absolute atomic E-state index is 12.6. The molecule has 2 aromatic heterocycles. The number of carbonyl (C=O) groups excluding carboxylic acids is 4. The molecule has 4 fully saturated rings. The molecule has 4 heterocycles. The summed E-state index contributed by atoms with van der Waals surface area (Å²) >= 11 is 0. The molecule has 2 aliphatic heterocycles. The lowest BCUT2D eigenvalue weighted by atomic mass is 9.64. The summed E-state index contributed by atoms with van der Waals surface area (Å²) in [4.78, 5) is 58.1. The predicted molar refractivity (Wildman–Crippen MR) is 147 cm³/mol. The van der Waals surface area contributed by atoms with E-state index in [-0.39, 0.29) is 17.3 Å². The Kier molecular flexibility index (Phi) is 7.50. The lowest BCUT2D eigenvalue weighted by Gasteiger charge is -2.47. The Morgan fingerprint density at radius 2 is 1.16 bits per heavy atom. The van der Waals surface area contributed by atoms with Crippen molar-refractivity contribution >= 4 is 47.2 Å². The van der Waals surface area contributed by atoms with E-state index in [4.69, 9.17) is 18.9 Å². The molecule has 0 unspecified atom stereocenters. The Morgan fingerprint density at radius 1 is 0.750 bits per heavy atom. The van der Waals surface area contributed by atoms with Gasteiger partial charge in [0.1, 0.15) is 12.7 Å². The first kappa shape index (κ1) is 29.2. The van der Waals surface area contributed by atoms with Gasteiger partial charge in [-0.25, -0.2) is 40.2 Å². The molecule has 0 atom stereocenters. The Labute approximate surface area is 250 Å². The van der Waals surface area contributed by atoms with Gasteiger partial charge in [-0.3, -0.25) is 0 Å². The number of esters is 4. The maximum Gasteiger partial charge on any atom is 0.369 e. The number of ether oxygens (including phenoxy) is 4. The van der Waals surface area contributed by atoms with Crippen LogP contribution >= 0.6 is 0 Å². The molecule has 18 nitrogen and oxygen atoms in total. The zero-order valence-corrected chi connectivity index (χ0v) is 24.1. The second-order valence-electron chi connectivity index (χ2n) is 12.1. The number of nitrogens with zero attached hydrogens (tertiary/aromatic N) is 6. The third kappa shape index (κ3) is 5.96. The van der Waals surface area contributed by atoms with Gasteiger partial charge >= 0.3 is 23.9 Å². The molecule has 2 aliphatic carbocycles. The van der Waals surface area contributed by atoms with Crippen LogP contribution in [0.3, 0.4) is 0 Å². The van der Waals surface area contributed by atoms with Crippen LogP contribution < -0.4 is 10.9 Å². The lowest BCUT2D eigenvalue weighted by molar-refractivity contribution is -0.245. The van der Waals surface area contributed by atoms with Crippen LogP contribution in [0, 0.1) is 17.3 Å². The molecule has 4 N–H and O–H groups in total. The van der Waals surface area contributed by atoms with E-state index in [9.17, 15) is 19.2 Å². The minimum Gasteiger partial charge on any atom is -0.417 e. The van der Waals surface area contributed by atoms with Crippen molar-refractivity contribution in [1.29, 1.82) is 0 Å². The third-order valence-corrected chi connectivity index (χ3v) is 8.80. The predicted octanol–water partition coefficient (Wildman–Crippen LogP) is 1.55. The molecule has 4 aliphatic rings. The van der Waals surface area contributed by atoms with E-state index >= 15 is 0 Å². The first-order valence-corrected chi connectivity index (χ1v) is 14.4. The molecular weight excluding hydrogens is 580 g/mol. The maximum atomic E-state index is 12.6. The molecule has 2 spiro atoms. The number of aromatic nitrogens is 6. The summed E-state index contributed by atoms with van der Waals surface area (Å²) in [6.45, 7) is 4.42. The summed E-state index contributed by atoms with van der Waals surface area (Å²) in [6, 6.07) is 0. The van der Waals surface area contributed by atoms with Gasteiger partial charge in [-0.15, -0.1) is 0 Å². The third-order valence-electron chi connectivity index (χ3n) is 8.80. The summed E-state index contributed by atoms with van der Waals surface area (Å²) in [7, 11) is 0. The lowest BCUT2D eigenvalue weighted by Crippen LogP contribution is -2.53. The fourth-order valence-electron chi connectivity index (χ4n) is 6.48. The fourth-order valence-corrected chi connectivity index (χ4v) is 6.48. The molecule has 44 heavy (non-hydrogen) atoms. The summed E-state index contributed by atoms with van der Waals surface area (Å²) in [6.07, 6.45) is 7.77. The Hall–Kier alpha value is -4.90. The van der Waals surface area contributed by atoms with E-state index in [0.29, 0.717) is 63.2 Å². The number of H-pyrrole nitrogens is 2. The van der Waals surface area contributed by atoms with Gasteiger partial charge in [-0.1, -0.05) is 13.8 Å². The van der Waals surface area contributed by atoms with Crippen molar-refractivity contribution in [2.24, 2.45) is 27.5 Å². The van der Waals surface area contributed by atoms with Gasteiger partial charge in [0.15, 0.2) is 0 Å². The molecule has 18 heteroatoms. The summed E-state index contributed by atoms with van der Waals surface area (Å²) < 4.78 is 22.4. The number of nitrogens with one attached hydrogen (secondary N) is 4. The number of anilines is 2. The standard InChI is InChI=1S/C26H32N10O8/c1-24(2,15-5-9-26(10-6-15)43-20(39)17(21(40)44-26)32-36-23-28-13-30-34-23)11-14-3-7-25(8-4-14)41-18(37)16(19(38)42-25)31-35-22-27-12-29-33-22/h12-15H,3-11H2,1-2H3,(H2,27,29,33,35)(H2,28,30,34,36). The van der Waals surface area contributed by atoms with Crippen molar-refractivity contribution in [2.45, 2.75) is 83.2 Å². The zero-order chi connectivity index (χ0) is 31.0. The molecule has 2 saturated carbocycles. The first-order valence-electron chi connectivity index (χ1n) is 14.4. The summed E-state index contributed by atoms with van der Waals surface area (Å²) in [5.74, 6) is -5.06. The highest BCUT2D eigenvalue weighted by Crippen LogP contribution is 2.49. The number of aromatic amines is 2. The van der Waals surface area contributed by atoms with Gasteiger partial charge in [0.2, 0.25) is 11.9 Å². The molecule has 0 bridgehead atoms. The van der Waals surface area contributed by atoms with E-state index in [2.05, 4.69) is 65.3 Å². The van der Waals surface area contributed by atoms with E-state index in [0.717, 1.165) is 6.42 Å². The summed E-state index contributed by atoms with van der Waals surface area (Å²) in [5.41, 5.74) is 3.82. The van der Waals surface area contributed by atoms with Crippen LogP contribution in [0.2, 0.25) is 0 Å². The van der Waals surface area contributed by atoms with Crippen LogP contribution in [0.4, 0.5) is 11.9 Å². The van der Waals surface area contributed by atoms with Crippen molar-refractivity contribution in [3.63, 3.8) is 0 Å². The van der Waals surface area contributed by atoms with E-state index in [1.54, 1.807) is 0 Å². The van der Waals surface area contributed by atoms with Crippen LogP contribution in [0.25, 0.3) is 0 Å². The van der Waals surface area contributed by atoms with Gasteiger partial charge in [0.25, 0.3) is 23.0 Å². The molecular formula is C26H32N10O8. The average Bonchev–Trinajstić information content (AvgIpc) is 3.69. The molecule has 2 saturated heterocycles. The number of hydrazone groups is 2. The van der Waals surface area contributed by atoms with E-state index < -0.39 is 46.9 Å². The minimum atomic E-state index is -1.30. The fraction of sp³-hybridized carbons (Fsp3) is 0.615. The number of hydrogen-bond acceptors (Lipinski definition) is 16. The van der Waals surface area contributed by atoms with Crippen LogP contribution in [-0.4, -0.2) is 77.2 Å². The van der Waals surface area contributed by atoms with Crippen molar-refractivity contribution in [3.05, 3.63) is 12.7 Å². The smallest absolute Gasteiger partial charge is 0.369 e. The van der Waals surface area contributed by atoms with E-state index in [1.807, 2.05) is 0 Å². The average molecular weight is 613 g/mol. The van der Waals surface area contributed by atoms with Gasteiger partial charge in [-0.2, -0.15) is 30.4 Å². The van der Waals surface area contributed by atoms with Gasteiger partial charge in [-0.05, 0) is 49.4 Å². The van der Waals surface area contributed by atoms with Gasteiger partial charge in [0.05, 0.1) is 0 Å². The van der Waals surface area contributed by atoms with E-state index in [1.165, 1.54) is 12.7 Å². The molecule has 2 aromatic rings. The van der Waals surface area contributed by atoms with Crippen molar-refractivity contribution in [2.75, 3.05) is 10.9 Å². The normalized spacial score (nSPS) is 29.0. The van der Waals surface area contributed by atoms with Crippen LogP contribution in [-0.2, 0) is 38.1 Å². The number of hydrogen-bond donors (Lipinski definition) is 4. The largest absolute Gasteiger partial charge is 0.417 e. The zero-order valence-electron chi connectivity index (χ0n) is 24.1. The molecule has 0 radical (unpaired) electrons. The topological polar surface area (TPSA) is 237 Å². The second kappa shape index (κ2) is 11.3. The monoisotopic (exact) mass is 612 g/mol. The molecule has 0 amide bonds. The highest BCUT2D eigenvalue weighted by atomic mass is 16.8. The van der Waals surface area contributed by atoms with Crippen LogP contribution in [0.1, 0.15) is 71.6 Å². The van der Waals surface area contributed by atoms with Gasteiger partial charge < -0.3 is 18.9 Å². The molecule has 6 rings (SSSR count). The first-order chi connectivity index (χ1) is 21.1. The van der Waals surface area contributed by atoms with Crippen molar-refractivity contribution in [3.8, 4) is 0 Å². The SMILES string of the molecule is CC(C)(CC1CCC2(CC1)OC(=O)C(=NNc1ncn[nH]1)C(=O)O2)C1CCC2(CC1)OC(=O)C(=NNc1ncn[nH]1)C(=O)O2. The quantitative estimate of drug-likeness (QED) is 0.256. The minimum absolute atomic E-state index is 0.0702. The van der Waals surface area contributed by atoms with Crippen LogP contribution in [0.15, 0.2) is 22.9 Å². The number of rotatable bonds is 7. The molecule has 234 valence electrons. The number of carbonyl (C=O) groups is 4. The highest BCUT2D eigenvalue weighted by Gasteiger charge is 2.52. The van der Waals surface area contributed by atoms with Gasteiger partial charge in [0, 0.05) is 25.7 Å². The summed E-state index contributed by atoms with van der Waals surface area (Å²) in [5, 5.41) is 19.8.